The summed E-state index contributed by atoms with van der Waals surface area (Å²) >= 11 is 3.78. The number of unbranched alkanes of at least 4 members (excludes halogenated alkanes) is 2. The van der Waals surface area contributed by atoms with Crippen molar-refractivity contribution in [1.29, 1.82) is 0 Å². The van der Waals surface area contributed by atoms with E-state index in [4.69, 9.17) is 9.47 Å². The summed E-state index contributed by atoms with van der Waals surface area (Å²) in [5, 5.41) is 0.550. The lowest BCUT2D eigenvalue weighted by molar-refractivity contribution is -0.415. The van der Waals surface area contributed by atoms with Crippen molar-refractivity contribution in [3.8, 4) is 11.5 Å². The first-order valence-corrected chi connectivity index (χ1v) is 14.1. The molecule has 2 atom stereocenters. The number of ether oxygens (including phenoxy) is 2. The molecular formula is C28H34N2O2S2+2. The van der Waals surface area contributed by atoms with Gasteiger partial charge in [-0.3, -0.25) is 0 Å². The zero-order valence-electron chi connectivity index (χ0n) is 20.5. The molecule has 1 aromatic carbocycles. The Morgan fingerprint density at radius 1 is 0.706 bits per heavy atom. The van der Waals surface area contributed by atoms with Gasteiger partial charge in [0.2, 0.25) is 11.5 Å². The minimum absolute atomic E-state index is 0.275. The van der Waals surface area contributed by atoms with Crippen molar-refractivity contribution in [2.24, 2.45) is 0 Å². The van der Waals surface area contributed by atoms with Crippen LogP contribution in [0.15, 0.2) is 58.4 Å². The van der Waals surface area contributed by atoms with E-state index in [1.807, 2.05) is 23.5 Å². The van der Waals surface area contributed by atoms with Crippen LogP contribution in [0.25, 0.3) is 0 Å². The average molecular weight is 495 g/mol. The van der Waals surface area contributed by atoms with Crippen LogP contribution in [0, 0.1) is 0 Å². The van der Waals surface area contributed by atoms with E-state index < -0.39 is 0 Å². The first kappa shape index (κ1) is 23.6. The summed E-state index contributed by atoms with van der Waals surface area (Å²) in [5.74, 6) is 2.01. The lowest BCUT2D eigenvalue weighted by Gasteiger charge is -2.29. The van der Waals surface area contributed by atoms with E-state index in [0.717, 1.165) is 61.8 Å². The highest BCUT2D eigenvalue weighted by atomic mass is 32.2. The van der Waals surface area contributed by atoms with Gasteiger partial charge in [0.1, 0.15) is 34.4 Å². The Morgan fingerprint density at radius 3 is 1.56 bits per heavy atom. The smallest absolute Gasteiger partial charge is 0.266 e. The molecule has 0 amide bonds. The van der Waals surface area contributed by atoms with Crippen molar-refractivity contribution in [2.45, 2.75) is 59.8 Å². The molecule has 0 bridgehead atoms. The maximum absolute atomic E-state index is 6.64. The lowest BCUT2D eigenvalue weighted by Crippen LogP contribution is -2.30. The van der Waals surface area contributed by atoms with Gasteiger partial charge in [-0.15, -0.1) is 0 Å². The van der Waals surface area contributed by atoms with Crippen LogP contribution in [0.1, 0.15) is 39.5 Å². The molecule has 0 fully saturated rings. The van der Waals surface area contributed by atoms with Crippen molar-refractivity contribution in [3.63, 3.8) is 0 Å². The van der Waals surface area contributed by atoms with Crippen LogP contribution < -0.4 is 9.47 Å². The molecule has 4 nitrogen and oxygen atoms in total. The molecule has 34 heavy (non-hydrogen) atoms. The second-order valence-corrected chi connectivity index (χ2v) is 11.3. The summed E-state index contributed by atoms with van der Waals surface area (Å²) in [4.78, 5) is 2.39. The Morgan fingerprint density at radius 2 is 1.15 bits per heavy atom. The van der Waals surface area contributed by atoms with Gasteiger partial charge in [-0.25, -0.2) is 0 Å². The molecule has 5 rings (SSSR count). The van der Waals surface area contributed by atoms with E-state index >= 15 is 0 Å². The Hall–Kier alpha value is -2.18. The molecule has 178 valence electrons. The van der Waals surface area contributed by atoms with Crippen molar-refractivity contribution in [1.82, 2.24) is 0 Å². The summed E-state index contributed by atoms with van der Waals surface area (Å²) < 4.78 is 17.9. The quantitative estimate of drug-likeness (QED) is 0.297. The van der Waals surface area contributed by atoms with Crippen molar-refractivity contribution < 1.29 is 18.6 Å². The number of fused-ring (bicyclic) bond motifs is 4. The highest BCUT2D eigenvalue weighted by molar-refractivity contribution is 8.01. The first-order valence-electron chi connectivity index (χ1n) is 12.4. The molecule has 6 heteroatoms. The molecular weight excluding hydrogens is 460 g/mol. The molecule has 0 radical (unpaired) electrons. The average Bonchev–Trinajstić information content (AvgIpc) is 2.86. The molecule has 4 aliphatic rings. The highest BCUT2D eigenvalue weighted by Gasteiger charge is 2.46. The fourth-order valence-electron chi connectivity index (χ4n) is 4.71. The molecule has 0 N–H and O–H groups in total. The zero-order valence-corrected chi connectivity index (χ0v) is 22.2. The van der Waals surface area contributed by atoms with Crippen molar-refractivity contribution in [3.05, 3.63) is 48.6 Å². The summed E-state index contributed by atoms with van der Waals surface area (Å²) in [5.41, 5.74) is 4.89. The van der Waals surface area contributed by atoms with E-state index in [0.29, 0.717) is 0 Å². The summed E-state index contributed by atoms with van der Waals surface area (Å²) in [6, 6.07) is 0. The first-order chi connectivity index (χ1) is 16.7. The molecule has 0 saturated carbocycles. The molecule has 2 aliphatic heterocycles. The van der Waals surface area contributed by atoms with Gasteiger partial charge in [-0.05, 0) is 12.8 Å². The minimum atomic E-state index is 0.275. The summed E-state index contributed by atoms with van der Waals surface area (Å²) in [6.07, 6.45) is 21.9. The Kier molecular flexibility index (Phi) is 7.07. The van der Waals surface area contributed by atoms with Gasteiger partial charge in [0.05, 0.1) is 13.2 Å². The lowest BCUT2D eigenvalue weighted by atomic mass is 10.1. The van der Waals surface area contributed by atoms with Crippen molar-refractivity contribution in [2.75, 3.05) is 27.3 Å². The van der Waals surface area contributed by atoms with Gasteiger partial charge >= 0.3 is 0 Å². The van der Waals surface area contributed by atoms with Crippen LogP contribution in [0.5, 0.6) is 11.5 Å². The zero-order chi connectivity index (χ0) is 23.7. The normalized spacial score (nSPS) is 21.9. The molecule has 2 aliphatic carbocycles. The molecule has 2 unspecified atom stereocenters. The largest absolute Gasteiger partial charge is 0.486 e. The molecule has 0 aromatic heterocycles. The third-order valence-corrected chi connectivity index (χ3v) is 9.14. The molecule has 0 saturated heterocycles. The number of hydrogen-bond acceptors (Lipinski definition) is 4. The second-order valence-electron chi connectivity index (χ2n) is 8.95. The topological polar surface area (TPSA) is 24.5 Å². The number of nitrogens with zero attached hydrogens (tertiary/aromatic N) is 2. The van der Waals surface area contributed by atoms with Crippen LogP contribution in [0.4, 0.5) is 11.4 Å². The number of benzene rings is 1. The Bertz CT molecular complexity index is 1080. The second kappa shape index (κ2) is 10.2. The van der Waals surface area contributed by atoms with Gasteiger partial charge in [0.15, 0.2) is 11.4 Å². The maximum Gasteiger partial charge on any atom is 0.266 e. The summed E-state index contributed by atoms with van der Waals surface area (Å²) in [7, 11) is 4.36. The predicted octanol–water partition coefficient (Wildman–Crippen LogP) is 6.67. The third kappa shape index (κ3) is 4.09. The Labute approximate surface area is 211 Å². The van der Waals surface area contributed by atoms with Gasteiger partial charge in [-0.2, -0.15) is 9.15 Å². The van der Waals surface area contributed by atoms with Crippen LogP contribution in [-0.2, 0) is 0 Å². The van der Waals surface area contributed by atoms with E-state index in [1.165, 1.54) is 21.2 Å². The third-order valence-electron chi connectivity index (χ3n) is 6.61. The van der Waals surface area contributed by atoms with E-state index in [9.17, 15) is 0 Å². The van der Waals surface area contributed by atoms with Gasteiger partial charge in [0, 0.05) is 12.2 Å². The minimum Gasteiger partial charge on any atom is -0.486 e. The van der Waals surface area contributed by atoms with Crippen LogP contribution in [-0.4, -0.2) is 58.4 Å². The monoisotopic (exact) mass is 494 g/mol. The SMILES string of the molecule is CCCCOc1c2c(c(OCCCC)c3c1[N+](C)=C1C=CC=CC1S3)[N+](C)=C1C=CC=CC1S2. The van der Waals surface area contributed by atoms with Crippen molar-refractivity contribution >= 4 is 46.3 Å². The molecule has 2 heterocycles. The maximum atomic E-state index is 6.64. The highest BCUT2D eigenvalue weighted by Crippen LogP contribution is 2.60. The number of thioether (sulfide) groups is 2. The number of rotatable bonds is 8. The van der Waals surface area contributed by atoms with E-state index in [-0.39, 0.29) is 10.5 Å². The van der Waals surface area contributed by atoms with Crippen LogP contribution in [0.2, 0.25) is 0 Å². The fraction of sp³-hybridized carbons (Fsp3) is 0.429. The molecule has 1 aromatic rings. The van der Waals surface area contributed by atoms with Gasteiger partial charge in [0.25, 0.3) is 11.4 Å². The van der Waals surface area contributed by atoms with Crippen LogP contribution >= 0.6 is 23.5 Å². The van der Waals surface area contributed by atoms with E-state index in [2.05, 4.69) is 85.7 Å². The van der Waals surface area contributed by atoms with Gasteiger partial charge in [-0.1, -0.05) is 86.7 Å². The number of allylic oxidation sites excluding steroid dienone is 6. The summed E-state index contributed by atoms with van der Waals surface area (Å²) in [6.45, 7) is 5.87. The van der Waals surface area contributed by atoms with E-state index in [1.54, 1.807) is 0 Å². The fourth-order valence-corrected chi connectivity index (χ4v) is 7.48. The predicted molar refractivity (Wildman–Crippen MR) is 145 cm³/mol. The standard InChI is InChI=1S/C28H34N2O2S2/c1-5-7-17-31-25-23-28(34-22-16-12-9-13-19(22)29(23)3)26(32-18-8-6-2)24-27(25)33-21-15-11-10-14-20(21)30(24)4/h9-16,21-22H,5-8,17-18H2,1-4H3/q+2. The van der Waals surface area contributed by atoms with Gasteiger partial charge < -0.3 is 9.47 Å². The Balaban J connectivity index is 1.77. The number of hydrogen-bond donors (Lipinski definition) is 0. The van der Waals surface area contributed by atoms with Crippen LogP contribution in [0.3, 0.4) is 0 Å². The molecule has 0 spiro atoms.